The first kappa shape index (κ1) is 17.9. The summed E-state index contributed by atoms with van der Waals surface area (Å²) in [6.45, 7) is 3.98. The zero-order chi connectivity index (χ0) is 18.5. The van der Waals surface area contributed by atoms with Gasteiger partial charge in [-0.2, -0.15) is 14.9 Å². The average Bonchev–Trinajstić information content (AvgIpc) is 3.01. The van der Waals surface area contributed by atoms with Gasteiger partial charge in [0.15, 0.2) is 5.82 Å². The van der Waals surface area contributed by atoms with E-state index in [1.165, 1.54) is 0 Å². The summed E-state index contributed by atoms with van der Waals surface area (Å²) >= 11 is 5.31. The van der Waals surface area contributed by atoms with E-state index < -0.39 is 0 Å². The molecule has 1 aromatic heterocycles. The third-order valence-corrected chi connectivity index (χ3v) is 3.82. The monoisotopic (exact) mass is 368 g/mol. The van der Waals surface area contributed by atoms with Crippen LogP contribution < -0.4 is 9.47 Å². The minimum atomic E-state index is 0.0964. The molecule has 26 heavy (non-hydrogen) atoms. The number of methoxy groups -OCH3 is 1. The van der Waals surface area contributed by atoms with Gasteiger partial charge in [0.05, 0.1) is 19.4 Å². The van der Waals surface area contributed by atoms with Crippen molar-refractivity contribution in [3.63, 3.8) is 0 Å². The van der Waals surface area contributed by atoms with E-state index in [0.29, 0.717) is 10.6 Å². The van der Waals surface area contributed by atoms with Crippen molar-refractivity contribution in [2.75, 3.05) is 7.11 Å². The van der Waals surface area contributed by atoms with Gasteiger partial charge in [-0.3, -0.25) is 0 Å². The molecule has 0 aliphatic heterocycles. The summed E-state index contributed by atoms with van der Waals surface area (Å²) < 4.78 is 12.9. The highest BCUT2D eigenvalue weighted by Crippen LogP contribution is 2.23. The Labute approximate surface area is 157 Å². The van der Waals surface area contributed by atoms with Gasteiger partial charge in [-0.1, -0.05) is 12.1 Å². The van der Waals surface area contributed by atoms with Gasteiger partial charge in [0.25, 0.3) is 0 Å². The van der Waals surface area contributed by atoms with Crippen LogP contribution in [-0.4, -0.2) is 34.3 Å². The second-order valence-electron chi connectivity index (χ2n) is 5.88. The number of hydrogen-bond acceptors (Lipinski definition) is 5. The van der Waals surface area contributed by atoms with E-state index in [9.17, 15) is 0 Å². The number of ether oxygens (including phenoxy) is 2. The Morgan fingerprint density at radius 1 is 1.15 bits per heavy atom. The van der Waals surface area contributed by atoms with Crippen LogP contribution in [0.4, 0.5) is 0 Å². The van der Waals surface area contributed by atoms with Crippen molar-refractivity contribution in [2.45, 2.75) is 20.0 Å². The van der Waals surface area contributed by atoms with Crippen molar-refractivity contribution in [1.82, 2.24) is 14.9 Å². The first-order valence-corrected chi connectivity index (χ1v) is 8.60. The zero-order valence-electron chi connectivity index (χ0n) is 14.8. The van der Waals surface area contributed by atoms with Gasteiger partial charge in [-0.05, 0) is 68.0 Å². The van der Waals surface area contributed by atoms with Crippen molar-refractivity contribution in [2.24, 2.45) is 5.10 Å². The molecule has 0 atom stereocenters. The van der Waals surface area contributed by atoms with Gasteiger partial charge < -0.3 is 9.47 Å². The molecule has 6 nitrogen and oxygen atoms in total. The van der Waals surface area contributed by atoms with Crippen molar-refractivity contribution in [3.05, 3.63) is 58.9 Å². The molecule has 1 N–H and O–H groups in total. The van der Waals surface area contributed by atoms with Crippen LogP contribution in [0.2, 0.25) is 0 Å². The number of aromatic nitrogens is 3. The summed E-state index contributed by atoms with van der Waals surface area (Å²) in [5, 5.41) is 11.6. The van der Waals surface area contributed by atoms with E-state index in [0.717, 1.165) is 22.6 Å². The second kappa shape index (κ2) is 7.97. The summed E-state index contributed by atoms with van der Waals surface area (Å²) in [6.07, 6.45) is 1.82. The topological polar surface area (TPSA) is 64.4 Å². The Kier molecular flexibility index (Phi) is 5.48. The van der Waals surface area contributed by atoms with E-state index in [1.807, 2.05) is 62.4 Å². The van der Waals surface area contributed by atoms with Crippen LogP contribution in [0, 0.1) is 4.77 Å². The first-order valence-electron chi connectivity index (χ1n) is 8.20. The Morgan fingerprint density at radius 2 is 1.92 bits per heavy atom. The molecule has 0 aliphatic carbocycles. The molecule has 0 fully saturated rings. The smallest absolute Gasteiger partial charge is 0.216 e. The second-order valence-corrected chi connectivity index (χ2v) is 6.26. The quantitative estimate of drug-likeness (QED) is 0.521. The number of rotatable bonds is 6. The molecule has 3 aromatic rings. The minimum absolute atomic E-state index is 0.0964. The summed E-state index contributed by atoms with van der Waals surface area (Å²) in [5.41, 5.74) is 1.79. The normalized spacial score (nSPS) is 11.2. The largest absolute Gasteiger partial charge is 0.497 e. The Balaban J connectivity index is 1.91. The minimum Gasteiger partial charge on any atom is -0.497 e. The number of nitrogens with zero attached hydrogens (tertiary/aromatic N) is 3. The lowest BCUT2D eigenvalue weighted by Gasteiger charge is -2.10. The lowest BCUT2D eigenvalue weighted by molar-refractivity contribution is 0.242. The van der Waals surface area contributed by atoms with Crippen LogP contribution in [0.3, 0.4) is 0 Å². The molecule has 0 radical (unpaired) electrons. The maximum absolute atomic E-state index is 5.75. The third-order valence-electron chi connectivity index (χ3n) is 3.55. The zero-order valence-corrected chi connectivity index (χ0v) is 15.7. The number of hydrogen-bond donors (Lipinski definition) is 1. The molecule has 7 heteroatoms. The first-order chi connectivity index (χ1) is 12.6. The standard InChI is InChI=1S/C19H20N4O2S/c1-13(2)25-17-6-4-5-15(11-17)18-21-22-19(26)23(18)20-12-14-7-9-16(24-3)10-8-14/h4-13H,1-3H3,(H,22,26)/b20-12-. The van der Waals surface area contributed by atoms with Crippen LogP contribution in [-0.2, 0) is 0 Å². The molecule has 0 bridgehead atoms. The van der Waals surface area contributed by atoms with Gasteiger partial charge in [0, 0.05) is 5.56 Å². The average molecular weight is 368 g/mol. The van der Waals surface area contributed by atoms with Crippen molar-refractivity contribution >= 4 is 18.4 Å². The fourth-order valence-corrected chi connectivity index (χ4v) is 2.56. The van der Waals surface area contributed by atoms with E-state index >= 15 is 0 Å². The van der Waals surface area contributed by atoms with Crippen LogP contribution in [0.15, 0.2) is 53.6 Å². The predicted molar refractivity (Wildman–Crippen MR) is 105 cm³/mol. The summed E-state index contributed by atoms with van der Waals surface area (Å²) in [5.74, 6) is 2.19. The fraction of sp³-hybridized carbons (Fsp3) is 0.211. The van der Waals surface area contributed by atoms with Crippen molar-refractivity contribution < 1.29 is 9.47 Å². The van der Waals surface area contributed by atoms with Gasteiger partial charge in [-0.15, -0.1) is 0 Å². The highest BCUT2D eigenvalue weighted by atomic mass is 32.1. The molecule has 134 valence electrons. The molecule has 0 saturated heterocycles. The van der Waals surface area contributed by atoms with Crippen LogP contribution >= 0.6 is 12.2 Å². The molecule has 0 amide bonds. The highest BCUT2D eigenvalue weighted by molar-refractivity contribution is 7.71. The predicted octanol–water partition coefficient (Wildman–Crippen LogP) is 4.29. The van der Waals surface area contributed by atoms with Crippen LogP contribution in [0.25, 0.3) is 11.4 Å². The van der Waals surface area contributed by atoms with Crippen LogP contribution in [0.1, 0.15) is 19.4 Å². The maximum atomic E-state index is 5.75. The van der Waals surface area contributed by atoms with E-state index in [1.54, 1.807) is 18.0 Å². The van der Waals surface area contributed by atoms with Gasteiger partial charge in [0.1, 0.15) is 11.5 Å². The molecule has 0 saturated carbocycles. The van der Waals surface area contributed by atoms with Crippen molar-refractivity contribution in [3.8, 4) is 22.9 Å². The maximum Gasteiger partial charge on any atom is 0.216 e. The number of nitrogens with one attached hydrogen (secondary N) is 1. The number of aromatic amines is 1. The summed E-state index contributed by atoms with van der Waals surface area (Å²) in [6, 6.07) is 15.3. The summed E-state index contributed by atoms with van der Waals surface area (Å²) in [7, 11) is 1.64. The molecule has 3 rings (SSSR count). The van der Waals surface area contributed by atoms with Gasteiger partial charge in [-0.25, -0.2) is 5.10 Å². The fourth-order valence-electron chi connectivity index (χ4n) is 2.38. The molecule has 0 aliphatic rings. The van der Waals surface area contributed by atoms with E-state index in [4.69, 9.17) is 21.7 Å². The summed E-state index contributed by atoms with van der Waals surface area (Å²) in [4.78, 5) is 0. The molecular weight excluding hydrogens is 348 g/mol. The lowest BCUT2D eigenvalue weighted by atomic mass is 10.2. The number of benzene rings is 2. The van der Waals surface area contributed by atoms with Crippen molar-refractivity contribution in [1.29, 1.82) is 0 Å². The molecule has 0 spiro atoms. The SMILES string of the molecule is COc1ccc(/C=N\n2c(-c3cccc(OC(C)C)c3)n[nH]c2=S)cc1. The number of H-pyrrole nitrogens is 1. The molecular formula is C19H20N4O2S. The van der Waals surface area contributed by atoms with E-state index in [-0.39, 0.29) is 6.10 Å². The van der Waals surface area contributed by atoms with E-state index in [2.05, 4.69) is 15.3 Å². The van der Waals surface area contributed by atoms with Gasteiger partial charge in [0.2, 0.25) is 4.77 Å². The highest BCUT2D eigenvalue weighted by Gasteiger charge is 2.09. The van der Waals surface area contributed by atoms with Gasteiger partial charge >= 0.3 is 0 Å². The molecule has 2 aromatic carbocycles. The molecule has 1 heterocycles. The van der Waals surface area contributed by atoms with Crippen LogP contribution in [0.5, 0.6) is 11.5 Å². The Morgan fingerprint density at radius 3 is 2.62 bits per heavy atom. The molecule has 0 unspecified atom stereocenters. The lowest BCUT2D eigenvalue weighted by Crippen LogP contribution is -2.05. The Hall–Kier alpha value is -2.93. The Bertz CT molecular complexity index is 958. The third kappa shape index (κ3) is 4.18.